The van der Waals surface area contributed by atoms with Crippen LogP contribution in [-0.4, -0.2) is 65.9 Å². The van der Waals surface area contributed by atoms with E-state index in [-0.39, 0.29) is 11.8 Å². The van der Waals surface area contributed by atoms with Crippen molar-refractivity contribution in [3.8, 4) is 0 Å². The Kier molecular flexibility index (Phi) is 8.14. The van der Waals surface area contributed by atoms with Gasteiger partial charge in [0.25, 0.3) is 23.6 Å². The highest BCUT2D eigenvalue weighted by Crippen LogP contribution is 2.48. The number of carbonyl (C=O) groups excluding carboxylic acids is 5. The first-order valence-corrected chi connectivity index (χ1v) is 17.2. The van der Waals surface area contributed by atoms with E-state index in [1.54, 1.807) is 12.1 Å². The van der Waals surface area contributed by atoms with E-state index in [1.807, 2.05) is 45.0 Å². The van der Waals surface area contributed by atoms with Crippen LogP contribution >= 0.6 is 0 Å². The zero-order valence-corrected chi connectivity index (χ0v) is 28.8. The van der Waals surface area contributed by atoms with Crippen molar-refractivity contribution in [1.82, 2.24) is 9.80 Å². The zero-order chi connectivity index (χ0) is 34.9. The van der Waals surface area contributed by atoms with Crippen LogP contribution in [-0.2, 0) is 14.3 Å². The number of amides is 4. The van der Waals surface area contributed by atoms with Crippen molar-refractivity contribution in [3.05, 3.63) is 69.8 Å². The molecule has 2 aliphatic heterocycles. The molecule has 0 aliphatic carbocycles. The number of hydrogen-bond donors (Lipinski definition) is 0. The number of aryl methyl sites for hydroxylation is 2. The lowest BCUT2D eigenvalue weighted by Gasteiger charge is -2.35. The molecule has 2 unspecified atom stereocenters. The predicted molar refractivity (Wildman–Crippen MR) is 188 cm³/mol. The number of rotatable bonds is 11. The first kappa shape index (κ1) is 32.6. The first-order valence-electron chi connectivity index (χ1n) is 17.2. The first-order chi connectivity index (χ1) is 23.5. The molecule has 0 radical (unpaired) electrons. The monoisotopic (exact) mass is 660 g/mol. The van der Waals surface area contributed by atoms with E-state index >= 15 is 0 Å². The minimum Gasteiger partial charge on any atom is -0.439 e. The Morgan fingerprint density at radius 2 is 1.18 bits per heavy atom. The van der Waals surface area contributed by atoms with Gasteiger partial charge in [-0.2, -0.15) is 0 Å². The van der Waals surface area contributed by atoms with Crippen LogP contribution in [0.3, 0.4) is 0 Å². The standard InChI is InChI=1S/C40H40N2O7/c1-7-9-10-11-12-13-29(49-40(47)28(8-2)48-6)42-38(45)25-17-15-23-30-20(3)18-26-32-24(36(43)41(5)37(26)44)16-14-22(34(30)32)31-21(4)19-27(39(42)46)33(25)35(23)31/h14-19,28-29H,7-13H2,1-6H3. The molecule has 252 valence electrons. The molecule has 4 amide bonds. The maximum absolute atomic E-state index is 14.5. The van der Waals surface area contributed by atoms with Gasteiger partial charge < -0.3 is 9.47 Å². The molecule has 5 aromatic rings. The molecule has 0 spiro atoms. The summed E-state index contributed by atoms with van der Waals surface area (Å²) in [6.45, 7) is 7.82. The molecule has 2 heterocycles. The van der Waals surface area contributed by atoms with Crippen molar-refractivity contribution in [2.75, 3.05) is 14.2 Å². The van der Waals surface area contributed by atoms with E-state index in [0.717, 1.165) is 78.9 Å². The van der Waals surface area contributed by atoms with Gasteiger partial charge in [-0.1, -0.05) is 51.7 Å². The van der Waals surface area contributed by atoms with E-state index in [2.05, 4.69) is 6.92 Å². The maximum Gasteiger partial charge on any atom is 0.337 e. The van der Waals surface area contributed by atoms with Crippen molar-refractivity contribution < 1.29 is 33.4 Å². The second kappa shape index (κ2) is 12.2. The minimum atomic E-state index is -1.08. The fourth-order valence-electron chi connectivity index (χ4n) is 8.07. The highest BCUT2D eigenvalue weighted by atomic mass is 16.6. The van der Waals surface area contributed by atoms with Crippen molar-refractivity contribution >= 4 is 72.7 Å². The van der Waals surface area contributed by atoms with Crippen LogP contribution in [0.2, 0.25) is 0 Å². The highest BCUT2D eigenvalue weighted by Gasteiger charge is 2.41. The van der Waals surface area contributed by atoms with Gasteiger partial charge in [-0.3, -0.25) is 24.1 Å². The van der Waals surface area contributed by atoms with Crippen LogP contribution in [0.4, 0.5) is 0 Å². The number of nitrogens with zero attached hydrogens (tertiary/aromatic N) is 2. The molecule has 9 heteroatoms. The van der Waals surface area contributed by atoms with Gasteiger partial charge in [0.15, 0.2) is 12.3 Å². The number of carbonyl (C=O) groups is 5. The van der Waals surface area contributed by atoms with Gasteiger partial charge in [0, 0.05) is 53.6 Å². The molecule has 0 saturated heterocycles. The second-order valence-corrected chi connectivity index (χ2v) is 13.4. The minimum absolute atomic E-state index is 0.326. The van der Waals surface area contributed by atoms with Crippen molar-refractivity contribution in [1.29, 1.82) is 0 Å². The number of benzene rings is 5. The molecule has 2 aliphatic rings. The van der Waals surface area contributed by atoms with E-state index in [1.165, 1.54) is 14.2 Å². The van der Waals surface area contributed by atoms with Crippen molar-refractivity contribution in [2.24, 2.45) is 0 Å². The molecule has 7 rings (SSSR count). The second-order valence-electron chi connectivity index (χ2n) is 13.4. The van der Waals surface area contributed by atoms with Gasteiger partial charge in [-0.15, -0.1) is 0 Å². The molecule has 0 fully saturated rings. The summed E-state index contributed by atoms with van der Waals surface area (Å²) in [5, 5.41) is 6.24. The number of unbranched alkanes of at least 4 members (excludes halogenated alkanes) is 4. The van der Waals surface area contributed by atoms with E-state index in [4.69, 9.17) is 9.47 Å². The van der Waals surface area contributed by atoms with Gasteiger partial charge in [0.05, 0.1) is 0 Å². The molecular formula is C40H40N2O7. The van der Waals surface area contributed by atoms with Gasteiger partial charge in [0.2, 0.25) is 0 Å². The summed E-state index contributed by atoms with van der Waals surface area (Å²) in [6.07, 6.45) is 3.56. The molecule has 0 N–H and O–H groups in total. The Morgan fingerprint density at radius 3 is 1.73 bits per heavy atom. The third kappa shape index (κ3) is 4.73. The summed E-state index contributed by atoms with van der Waals surface area (Å²) in [5.74, 6) is -2.31. The Labute approximate surface area is 284 Å². The molecule has 0 aromatic heterocycles. The smallest absolute Gasteiger partial charge is 0.337 e. The van der Waals surface area contributed by atoms with Crippen LogP contribution in [0, 0.1) is 13.8 Å². The average Bonchev–Trinajstić information content (AvgIpc) is 3.09. The fraction of sp³-hybridized carbons (Fsp3) is 0.375. The van der Waals surface area contributed by atoms with Gasteiger partial charge in [0.1, 0.15) is 0 Å². The molecule has 5 aromatic carbocycles. The summed E-state index contributed by atoms with van der Waals surface area (Å²) in [7, 11) is 2.94. The zero-order valence-electron chi connectivity index (χ0n) is 28.8. The van der Waals surface area contributed by atoms with E-state index < -0.39 is 30.1 Å². The summed E-state index contributed by atoms with van der Waals surface area (Å²) in [5.41, 5.74) is 3.36. The lowest BCUT2D eigenvalue weighted by Crippen LogP contribution is -2.50. The molecule has 0 saturated carbocycles. The molecule has 49 heavy (non-hydrogen) atoms. The normalized spacial score (nSPS) is 15.8. The highest BCUT2D eigenvalue weighted by molar-refractivity contribution is 6.42. The summed E-state index contributed by atoms with van der Waals surface area (Å²) < 4.78 is 11.3. The summed E-state index contributed by atoms with van der Waals surface area (Å²) in [4.78, 5) is 71.0. The molecule has 2 atom stereocenters. The van der Waals surface area contributed by atoms with Crippen LogP contribution in [0.15, 0.2) is 36.4 Å². The molecule has 9 nitrogen and oxygen atoms in total. The third-order valence-electron chi connectivity index (χ3n) is 10.5. The summed E-state index contributed by atoms with van der Waals surface area (Å²) >= 11 is 0. The van der Waals surface area contributed by atoms with Gasteiger partial charge in [-0.25, -0.2) is 9.69 Å². The average molecular weight is 661 g/mol. The lowest BCUT2D eigenvalue weighted by atomic mass is 9.79. The predicted octanol–water partition coefficient (Wildman–Crippen LogP) is 7.83. The molecule has 0 bridgehead atoms. The number of fused-ring (bicyclic) bond motifs is 2. The third-order valence-corrected chi connectivity index (χ3v) is 10.5. The Morgan fingerprint density at radius 1 is 0.673 bits per heavy atom. The van der Waals surface area contributed by atoms with Crippen molar-refractivity contribution in [2.45, 2.75) is 85.0 Å². The van der Waals surface area contributed by atoms with E-state index in [9.17, 15) is 24.0 Å². The lowest BCUT2D eigenvalue weighted by molar-refractivity contribution is -0.167. The molecular weight excluding hydrogens is 620 g/mol. The van der Waals surface area contributed by atoms with Crippen LogP contribution < -0.4 is 0 Å². The number of hydrogen-bond acceptors (Lipinski definition) is 7. The van der Waals surface area contributed by atoms with Crippen LogP contribution in [0.5, 0.6) is 0 Å². The number of imide groups is 2. The van der Waals surface area contributed by atoms with Crippen LogP contribution in [0.1, 0.15) is 111 Å². The Hall–Kier alpha value is -4.89. The largest absolute Gasteiger partial charge is 0.439 e. The Balaban J connectivity index is 1.43. The number of esters is 1. The van der Waals surface area contributed by atoms with Crippen LogP contribution in [0.25, 0.3) is 43.1 Å². The van der Waals surface area contributed by atoms with Gasteiger partial charge >= 0.3 is 5.97 Å². The van der Waals surface area contributed by atoms with Gasteiger partial charge in [-0.05, 0) is 94.4 Å². The van der Waals surface area contributed by atoms with Crippen molar-refractivity contribution in [3.63, 3.8) is 0 Å². The fourth-order valence-corrected chi connectivity index (χ4v) is 8.07. The summed E-state index contributed by atoms with van der Waals surface area (Å²) in [6, 6.07) is 11.0. The number of ether oxygens (including phenoxy) is 2. The van der Waals surface area contributed by atoms with E-state index in [0.29, 0.717) is 52.3 Å². The maximum atomic E-state index is 14.5. The SMILES string of the molecule is CCCCCCCC(OC(=O)C(CC)OC)N1C(=O)c2ccc3c4c(C)cc5c6c(ccc(c7c(C)cc(c2c37)C1=O)c64)C(=O)N(C)C5=O. The topological polar surface area (TPSA) is 110 Å². The Bertz CT molecular complexity index is 2250. The quantitative estimate of drug-likeness (QED) is 0.0467. The number of methoxy groups -OCH3 is 1.